The highest BCUT2D eigenvalue weighted by atomic mass is 16.6. The molecule has 0 bridgehead atoms. The third-order valence-corrected chi connectivity index (χ3v) is 2.74. The highest BCUT2D eigenvalue weighted by Gasteiger charge is 2.46. The maximum atomic E-state index is 11.6. The quantitative estimate of drug-likeness (QED) is 0.346. The molecule has 1 saturated heterocycles. The summed E-state index contributed by atoms with van der Waals surface area (Å²) in [4.78, 5) is 25.3. The van der Waals surface area contributed by atoms with Gasteiger partial charge in [0.1, 0.15) is 18.0 Å². The van der Waals surface area contributed by atoms with Crippen molar-refractivity contribution >= 4 is 11.8 Å². The Morgan fingerprint density at radius 3 is 2.74 bits per heavy atom. The zero-order chi connectivity index (χ0) is 14.2. The molecular formula is C10H11N3O6. The zero-order valence-electron chi connectivity index (χ0n) is 9.50. The van der Waals surface area contributed by atoms with E-state index in [0.29, 0.717) is 0 Å². The SMILES string of the molecule is Nc1ccn([C@@H]2O[C@H](C(O)=C=O)[C@@H](O)[C@H]2O)c(=O)n1. The van der Waals surface area contributed by atoms with Gasteiger partial charge in [0.15, 0.2) is 18.3 Å². The number of carbonyl (C=O) groups excluding carboxylic acids is 1. The Morgan fingerprint density at radius 2 is 2.16 bits per heavy atom. The first-order valence-electron chi connectivity index (χ1n) is 5.26. The summed E-state index contributed by atoms with van der Waals surface area (Å²) < 4.78 is 5.97. The number of aliphatic hydroxyl groups is 3. The fourth-order valence-corrected chi connectivity index (χ4v) is 1.79. The highest BCUT2D eigenvalue weighted by Crippen LogP contribution is 2.30. The fraction of sp³-hybridized carbons (Fsp3) is 0.400. The van der Waals surface area contributed by atoms with Crippen LogP contribution < -0.4 is 11.4 Å². The average molecular weight is 269 g/mol. The molecule has 9 heteroatoms. The number of aliphatic hydroxyl groups excluding tert-OH is 3. The van der Waals surface area contributed by atoms with Gasteiger partial charge in [-0.2, -0.15) is 4.98 Å². The zero-order valence-corrected chi connectivity index (χ0v) is 9.50. The van der Waals surface area contributed by atoms with Crippen molar-refractivity contribution in [2.45, 2.75) is 24.5 Å². The second-order valence-corrected chi connectivity index (χ2v) is 3.96. The van der Waals surface area contributed by atoms with Crippen molar-refractivity contribution in [2.75, 3.05) is 5.73 Å². The Balaban J connectivity index is 2.37. The summed E-state index contributed by atoms with van der Waals surface area (Å²) in [5.41, 5.74) is 4.51. The molecule has 1 aliphatic rings. The number of ether oxygens (including phenoxy) is 1. The molecule has 0 unspecified atom stereocenters. The van der Waals surface area contributed by atoms with Crippen LogP contribution in [0, 0.1) is 0 Å². The van der Waals surface area contributed by atoms with Crippen LogP contribution in [0.1, 0.15) is 6.23 Å². The van der Waals surface area contributed by atoms with Gasteiger partial charge in [0.25, 0.3) is 0 Å². The summed E-state index contributed by atoms with van der Waals surface area (Å²) in [7, 11) is 0. The third-order valence-electron chi connectivity index (χ3n) is 2.74. The topological polar surface area (TPSA) is 148 Å². The van der Waals surface area contributed by atoms with E-state index in [4.69, 9.17) is 10.5 Å². The number of hydrogen-bond acceptors (Lipinski definition) is 8. The number of nitrogens with two attached hydrogens (primary N) is 1. The first-order chi connectivity index (χ1) is 8.95. The second-order valence-electron chi connectivity index (χ2n) is 3.96. The second kappa shape index (κ2) is 4.82. The molecule has 1 fully saturated rings. The summed E-state index contributed by atoms with van der Waals surface area (Å²) in [6, 6.07) is 1.30. The molecule has 19 heavy (non-hydrogen) atoms. The monoisotopic (exact) mass is 269 g/mol. The summed E-state index contributed by atoms with van der Waals surface area (Å²) >= 11 is 0. The minimum atomic E-state index is -1.57. The molecular weight excluding hydrogens is 258 g/mol. The van der Waals surface area contributed by atoms with E-state index in [9.17, 15) is 24.9 Å². The molecule has 0 spiro atoms. The van der Waals surface area contributed by atoms with E-state index in [2.05, 4.69) is 4.98 Å². The predicted octanol–water partition coefficient (Wildman–Crippen LogP) is -2.28. The van der Waals surface area contributed by atoms with Crippen LogP contribution in [0.25, 0.3) is 0 Å². The number of anilines is 1. The predicted molar refractivity (Wildman–Crippen MR) is 60.7 cm³/mol. The molecule has 1 aliphatic heterocycles. The van der Waals surface area contributed by atoms with Gasteiger partial charge in [-0.25, -0.2) is 9.59 Å². The van der Waals surface area contributed by atoms with Gasteiger partial charge in [-0.15, -0.1) is 0 Å². The van der Waals surface area contributed by atoms with E-state index < -0.39 is 36.0 Å². The molecule has 2 rings (SSSR count). The van der Waals surface area contributed by atoms with E-state index in [1.807, 2.05) is 0 Å². The first kappa shape index (κ1) is 13.2. The highest BCUT2D eigenvalue weighted by molar-refractivity contribution is 5.51. The molecule has 0 saturated carbocycles. The smallest absolute Gasteiger partial charge is 0.351 e. The van der Waals surface area contributed by atoms with Crippen molar-refractivity contribution in [2.24, 2.45) is 0 Å². The number of rotatable bonds is 2. The van der Waals surface area contributed by atoms with E-state index in [0.717, 1.165) is 10.5 Å². The lowest BCUT2D eigenvalue weighted by molar-refractivity contribution is -0.0382. The van der Waals surface area contributed by atoms with Gasteiger partial charge >= 0.3 is 5.69 Å². The van der Waals surface area contributed by atoms with Crippen LogP contribution in [-0.2, 0) is 9.53 Å². The summed E-state index contributed by atoms with van der Waals surface area (Å²) in [5, 5.41) is 28.6. The lowest BCUT2D eigenvalue weighted by atomic mass is 10.1. The molecule has 1 aromatic heterocycles. The van der Waals surface area contributed by atoms with E-state index in [1.54, 1.807) is 0 Å². The molecule has 102 valence electrons. The molecule has 9 nitrogen and oxygen atoms in total. The molecule has 0 aromatic carbocycles. The van der Waals surface area contributed by atoms with Gasteiger partial charge in [-0.1, -0.05) is 0 Å². The van der Waals surface area contributed by atoms with Gasteiger partial charge in [0.2, 0.25) is 5.76 Å². The Hall–Kier alpha value is -2.19. The molecule has 1 aromatic rings. The van der Waals surface area contributed by atoms with Gasteiger partial charge < -0.3 is 25.8 Å². The van der Waals surface area contributed by atoms with Crippen molar-refractivity contribution in [3.05, 3.63) is 28.5 Å². The van der Waals surface area contributed by atoms with Crippen LogP contribution in [0.15, 0.2) is 22.8 Å². The average Bonchev–Trinajstić information content (AvgIpc) is 2.66. The van der Waals surface area contributed by atoms with Gasteiger partial charge in [-0.3, -0.25) is 4.57 Å². The van der Waals surface area contributed by atoms with Gasteiger partial charge in [-0.05, 0) is 6.07 Å². The molecule has 0 amide bonds. The van der Waals surface area contributed by atoms with E-state index in [1.165, 1.54) is 12.3 Å². The maximum absolute atomic E-state index is 11.6. The van der Waals surface area contributed by atoms with Crippen molar-refractivity contribution in [1.82, 2.24) is 9.55 Å². The minimum absolute atomic E-state index is 0.0125. The molecule has 4 atom stereocenters. The van der Waals surface area contributed by atoms with Crippen LogP contribution in [-0.4, -0.2) is 49.1 Å². The molecule has 0 radical (unpaired) electrons. The third kappa shape index (κ3) is 2.23. The Labute approximate surface area is 106 Å². The van der Waals surface area contributed by atoms with Crippen LogP contribution in [0.2, 0.25) is 0 Å². The Morgan fingerprint density at radius 1 is 1.47 bits per heavy atom. The normalized spacial score (nSPS) is 30.0. The van der Waals surface area contributed by atoms with Crippen molar-refractivity contribution in [3.63, 3.8) is 0 Å². The lowest BCUT2D eigenvalue weighted by Crippen LogP contribution is -2.35. The largest absolute Gasteiger partial charge is 0.500 e. The molecule has 0 aliphatic carbocycles. The summed E-state index contributed by atoms with van der Waals surface area (Å²) in [6.45, 7) is 0. The Bertz CT molecular complexity index is 593. The van der Waals surface area contributed by atoms with Gasteiger partial charge in [0.05, 0.1) is 0 Å². The number of aromatic nitrogens is 2. The maximum Gasteiger partial charge on any atom is 0.351 e. The minimum Gasteiger partial charge on any atom is -0.500 e. The summed E-state index contributed by atoms with van der Waals surface area (Å²) in [5.74, 6) is 0.246. The first-order valence-corrected chi connectivity index (χ1v) is 5.26. The van der Waals surface area contributed by atoms with E-state index >= 15 is 0 Å². The van der Waals surface area contributed by atoms with E-state index in [-0.39, 0.29) is 5.82 Å². The lowest BCUT2D eigenvalue weighted by Gasteiger charge is -2.16. The van der Waals surface area contributed by atoms with Gasteiger partial charge in [0, 0.05) is 6.20 Å². The van der Waals surface area contributed by atoms with Crippen LogP contribution in [0.3, 0.4) is 0 Å². The van der Waals surface area contributed by atoms with Crippen molar-refractivity contribution in [3.8, 4) is 0 Å². The molecule has 2 heterocycles. The van der Waals surface area contributed by atoms with Crippen molar-refractivity contribution in [1.29, 1.82) is 0 Å². The van der Waals surface area contributed by atoms with Crippen LogP contribution >= 0.6 is 0 Å². The number of nitrogens with zero attached hydrogens (tertiary/aromatic N) is 2. The standard InChI is InChI=1S/C10H11N3O6/c11-5-1-2-13(10(18)12-5)9-7(17)6(16)8(19-9)4(15)3-14/h1-2,6-9,15-17H,(H2,11,12,18)/t6-,7+,8+,9+/m0/s1. The van der Waals surface area contributed by atoms with Crippen LogP contribution in [0.5, 0.6) is 0 Å². The number of hydrogen-bond donors (Lipinski definition) is 4. The number of nitrogen functional groups attached to an aromatic ring is 1. The van der Waals surface area contributed by atoms with Crippen LogP contribution in [0.4, 0.5) is 5.82 Å². The molecule has 5 N–H and O–H groups in total. The fourth-order valence-electron chi connectivity index (χ4n) is 1.79. The Kier molecular flexibility index (Phi) is 3.36. The summed E-state index contributed by atoms with van der Waals surface area (Å²) in [6.07, 6.45) is -4.63. The van der Waals surface area contributed by atoms with Crippen molar-refractivity contribution < 1.29 is 24.9 Å².